The van der Waals surface area contributed by atoms with Gasteiger partial charge in [0.2, 0.25) is 5.91 Å². The number of thiocarbonyl (C=S) groups is 1. The molecule has 1 aliphatic rings. The van der Waals surface area contributed by atoms with Crippen molar-refractivity contribution in [3.63, 3.8) is 0 Å². The fourth-order valence-corrected chi connectivity index (χ4v) is 4.31. The first-order valence-electron chi connectivity index (χ1n) is 7.29. The van der Waals surface area contributed by atoms with Gasteiger partial charge in [-0.05, 0) is 31.4 Å². The number of fused-ring (bicyclic) bond motifs is 1. The number of benzene rings is 1. The lowest BCUT2D eigenvalue weighted by Gasteiger charge is -2.28. The molecule has 1 amide bonds. The van der Waals surface area contributed by atoms with E-state index in [1.54, 1.807) is 0 Å². The topological polar surface area (TPSA) is 76.7 Å². The van der Waals surface area contributed by atoms with Crippen LogP contribution in [0.25, 0.3) is 10.2 Å². The molecule has 124 valence electrons. The zero-order valence-corrected chi connectivity index (χ0v) is 15.0. The Bertz CT molecular complexity index is 650. The minimum absolute atomic E-state index is 0. The van der Waals surface area contributed by atoms with Crippen LogP contribution in [-0.4, -0.2) is 44.4 Å². The molecule has 0 spiro atoms. The first-order valence-corrected chi connectivity index (χ1v) is 9.50. The number of nitrogens with one attached hydrogen (secondary N) is 1. The molecule has 1 aromatic carbocycles. The zero-order chi connectivity index (χ0) is 15.4. The van der Waals surface area contributed by atoms with E-state index in [2.05, 4.69) is 15.2 Å². The number of hydrogen-bond acceptors (Lipinski definition) is 5. The standard InChI is InChI=1S/C15H17N3OS3.H2O/c19-13(10-21-15(20)18-8-4-1-5-9-18)17-14-16-11-6-2-3-7-12(11)22-14;/h2-3,6-7H,1,4-5,8-10H2,(H,16,17,19);1H2. The zero-order valence-electron chi connectivity index (χ0n) is 12.6. The molecule has 0 radical (unpaired) electrons. The first kappa shape index (κ1) is 18.1. The number of carbonyl (C=O) groups excluding carboxylic acids is 1. The molecule has 2 aromatic rings. The number of piperidine rings is 1. The molecule has 1 aliphatic heterocycles. The van der Waals surface area contributed by atoms with Gasteiger partial charge in [-0.3, -0.25) is 4.79 Å². The van der Waals surface area contributed by atoms with Gasteiger partial charge in [-0.25, -0.2) is 4.98 Å². The minimum Gasteiger partial charge on any atom is -0.412 e. The molecule has 1 aromatic heterocycles. The van der Waals surface area contributed by atoms with E-state index < -0.39 is 0 Å². The fourth-order valence-electron chi connectivity index (χ4n) is 2.38. The number of amides is 1. The van der Waals surface area contributed by atoms with Crippen LogP contribution in [0.4, 0.5) is 5.13 Å². The van der Waals surface area contributed by atoms with E-state index in [4.69, 9.17) is 12.2 Å². The second kappa shape index (κ2) is 8.58. The van der Waals surface area contributed by atoms with Crippen LogP contribution < -0.4 is 5.32 Å². The lowest BCUT2D eigenvalue weighted by Crippen LogP contribution is -2.33. The molecule has 3 rings (SSSR count). The summed E-state index contributed by atoms with van der Waals surface area (Å²) in [6, 6.07) is 7.87. The smallest absolute Gasteiger partial charge is 0.236 e. The summed E-state index contributed by atoms with van der Waals surface area (Å²) in [4.78, 5) is 18.6. The molecule has 2 heterocycles. The summed E-state index contributed by atoms with van der Waals surface area (Å²) >= 11 is 8.34. The van der Waals surface area contributed by atoms with E-state index in [9.17, 15) is 4.79 Å². The van der Waals surface area contributed by atoms with Crippen LogP contribution in [0.15, 0.2) is 24.3 Å². The van der Waals surface area contributed by atoms with Crippen LogP contribution in [0.3, 0.4) is 0 Å². The predicted molar refractivity (Wildman–Crippen MR) is 102 cm³/mol. The second-order valence-corrected chi connectivity index (χ2v) is 7.78. The van der Waals surface area contributed by atoms with E-state index in [1.165, 1.54) is 42.4 Å². The number of carbonyl (C=O) groups is 1. The molecule has 23 heavy (non-hydrogen) atoms. The van der Waals surface area contributed by atoms with Crippen LogP contribution >= 0.6 is 35.3 Å². The Labute approximate surface area is 148 Å². The van der Waals surface area contributed by atoms with Crippen molar-refractivity contribution in [3.8, 4) is 0 Å². The van der Waals surface area contributed by atoms with Crippen molar-refractivity contribution < 1.29 is 10.3 Å². The second-order valence-electron chi connectivity index (χ2n) is 5.14. The van der Waals surface area contributed by atoms with Crippen molar-refractivity contribution in [1.82, 2.24) is 9.88 Å². The lowest BCUT2D eigenvalue weighted by atomic mass is 10.1. The average Bonchev–Trinajstić information content (AvgIpc) is 2.95. The highest BCUT2D eigenvalue weighted by Crippen LogP contribution is 2.25. The Morgan fingerprint density at radius 1 is 1.30 bits per heavy atom. The van der Waals surface area contributed by atoms with E-state index in [0.29, 0.717) is 10.9 Å². The van der Waals surface area contributed by atoms with Crippen LogP contribution in [-0.2, 0) is 4.79 Å². The van der Waals surface area contributed by atoms with Gasteiger partial charge in [0.15, 0.2) is 5.13 Å². The molecule has 8 heteroatoms. The number of likely N-dealkylation sites (tertiary alicyclic amines) is 1. The maximum Gasteiger partial charge on any atom is 0.236 e. The Kier molecular flexibility index (Phi) is 6.76. The van der Waals surface area contributed by atoms with Crippen molar-refractivity contribution in [3.05, 3.63) is 24.3 Å². The third kappa shape index (κ3) is 4.87. The van der Waals surface area contributed by atoms with Crippen molar-refractivity contribution in [2.45, 2.75) is 19.3 Å². The molecule has 0 bridgehead atoms. The third-order valence-electron chi connectivity index (χ3n) is 3.48. The molecule has 0 aliphatic carbocycles. The first-order chi connectivity index (χ1) is 10.7. The van der Waals surface area contributed by atoms with Gasteiger partial charge < -0.3 is 15.7 Å². The van der Waals surface area contributed by atoms with Gasteiger partial charge in [0.05, 0.1) is 16.0 Å². The van der Waals surface area contributed by atoms with Crippen LogP contribution in [0.1, 0.15) is 19.3 Å². The van der Waals surface area contributed by atoms with Crippen LogP contribution in [0.5, 0.6) is 0 Å². The van der Waals surface area contributed by atoms with Crippen LogP contribution in [0, 0.1) is 0 Å². The van der Waals surface area contributed by atoms with Crippen molar-refractivity contribution in [2.75, 3.05) is 24.2 Å². The van der Waals surface area contributed by atoms with E-state index in [-0.39, 0.29) is 11.4 Å². The largest absolute Gasteiger partial charge is 0.412 e. The molecule has 1 saturated heterocycles. The number of para-hydroxylation sites is 1. The maximum atomic E-state index is 12.0. The summed E-state index contributed by atoms with van der Waals surface area (Å²) in [6.45, 7) is 2.04. The van der Waals surface area contributed by atoms with E-state index in [0.717, 1.165) is 27.6 Å². The minimum atomic E-state index is -0.0524. The molecule has 1 fully saturated rings. The maximum absolute atomic E-state index is 12.0. The fraction of sp³-hybridized carbons (Fsp3) is 0.400. The van der Waals surface area contributed by atoms with Crippen molar-refractivity contribution in [1.29, 1.82) is 0 Å². The van der Waals surface area contributed by atoms with Crippen molar-refractivity contribution in [2.24, 2.45) is 0 Å². The molecule has 0 atom stereocenters. The number of aromatic nitrogens is 1. The number of thioether (sulfide) groups is 1. The normalized spacial score (nSPS) is 14.3. The van der Waals surface area contributed by atoms with Gasteiger partial charge in [0, 0.05) is 13.1 Å². The van der Waals surface area contributed by atoms with Gasteiger partial charge in [-0.2, -0.15) is 0 Å². The predicted octanol–water partition coefficient (Wildman–Crippen LogP) is 2.91. The van der Waals surface area contributed by atoms with E-state index in [1.807, 2.05) is 24.3 Å². The number of anilines is 1. The SMILES string of the molecule is O.O=C(CSC(=S)N1CCCCC1)Nc1nc2ccccc2s1. The van der Waals surface area contributed by atoms with Gasteiger partial charge >= 0.3 is 0 Å². The molecule has 5 nitrogen and oxygen atoms in total. The highest BCUT2D eigenvalue weighted by Gasteiger charge is 2.15. The summed E-state index contributed by atoms with van der Waals surface area (Å²) in [5, 5.41) is 3.51. The molecule has 3 N–H and O–H groups in total. The highest BCUT2D eigenvalue weighted by molar-refractivity contribution is 8.23. The summed E-state index contributed by atoms with van der Waals surface area (Å²) in [5.74, 6) is 0.286. The lowest BCUT2D eigenvalue weighted by molar-refractivity contribution is -0.113. The van der Waals surface area contributed by atoms with Crippen molar-refractivity contribution >= 4 is 60.9 Å². The average molecular weight is 370 g/mol. The summed E-state index contributed by atoms with van der Waals surface area (Å²) < 4.78 is 1.91. The number of thiazole rings is 1. The Hall–Kier alpha value is -1.22. The molecular formula is C15H19N3O2S3. The molecule has 0 saturated carbocycles. The Balaban J connectivity index is 0.00000192. The summed E-state index contributed by atoms with van der Waals surface area (Å²) in [6.07, 6.45) is 3.67. The number of rotatable bonds is 3. The summed E-state index contributed by atoms with van der Waals surface area (Å²) in [7, 11) is 0. The number of hydrogen-bond donors (Lipinski definition) is 1. The van der Waals surface area contributed by atoms with E-state index >= 15 is 0 Å². The Morgan fingerprint density at radius 3 is 2.78 bits per heavy atom. The third-order valence-corrected chi connectivity index (χ3v) is 5.96. The van der Waals surface area contributed by atoms with Gasteiger partial charge in [-0.15, -0.1) is 0 Å². The van der Waals surface area contributed by atoms with Gasteiger partial charge in [-0.1, -0.05) is 47.4 Å². The van der Waals surface area contributed by atoms with Crippen LogP contribution in [0.2, 0.25) is 0 Å². The quantitative estimate of drug-likeness (QED) is 0.842. The highest BCUT2D eigenvalue weighted by atomic mass is 32.2. The number of nitrogens with zero attached hydrogens (tertiary/aromatic N) is 2. The molecular weight excluding hydrogens is 350 g/mol. The summed E-state index contributed by atoms with van der Waals surface area (Å²) in [5.41, 5.74) is 0.916. The van der Waals surface area contributed by atoms with Gasteiger partial charge in [0.1, 0.15) is 4.32 Å². The monoisotopic (exact) mass is 369 g/mol. The van der Waals surface area contributed by atoms with Gasteiger partial charge in [0.25, 0.3) is 0 Å². The Morgan fingerprint density at radius 2 is 2.04 bits per heavy atom. The molecule has 0 unspecified atom stereocenters.